The molecule has 2 aromatic rings. The van der Waals surface area contributed by atoms with Gasteiger partial charge in [0.2, 0.25) is 5.91 Å². The average molecular weight is 352 g/mol. The number of nitrogens with zero attached hydrogens (tertiary/aromatic N) is 1. The van der Waals surface area contributed by atoms with Gasteiger partial charge in [-0.2, -0.15) is 0 Å². The van der Waals surface area contributed by atoms with E-state index in [4.69, 9.17) is 4.74 Å². The highest BCUT2D eigenvalue weighted by Gasteiger charge is 2.19. The Bertz CT molecular complexity index is 679. The lowest BCUT2D eigenvalue weighted by atomic mass is 9.93. The van der Waals surface area contributed by atoms with Gasteiger partial charge in [0.25, 0.3) is 0 Å². The van der Waals surface area contributed by atoms with Gasteiger partial charge < -0.3 is 10.1 Å². The van der Waals surface area contributed by atoms with Crippen molar-refractivity contribution in [3.63, 3.8) is 0 Å². The molecule has 138 valence electrons. The maximum absolute atomic E-state index is 12.8. The number of rotatable bonds is 7. The number of amides is 1. The predicted octanol–water partition coefficient (Wildman–Crippen LogP) is 4.04. The van der Waals surface area contributed by atoms with Crippen molar-refractivity contribution in [1.82, 2.24) is 4.90 Å². The molecule has 1 N–H and O–H groups in total. The largest absolute Gasteiger partial charge is 0.379 e. The fraction of sp³-hybridized carbons (Fsp3) is 0.409. The van der Waals surface area contributed by atoms with Crippen LogP contribution in [0.3, 0.4) is 0 Å². The van der Waals surface area contributed by atoms with Crippen LogP contribution in [0.2, 0.25) is 0 Å². The van der Waals surface area contributed by atoms with Crippen LogP contribution in [0, 0.1) is 0 Å². The Hall–Kier alpha value is -2.17. The van der Waals surface area contributed by atoms with Crippen molar-refractivity contribution in [2.45, 2.75) is 32.2 Å². The molecule has 1 amide bonds. The molecule has 26 heavy (non-hydrogen) atoms. The summed E-state index contributed by atoms with van der Waals surface area (Å²) < 4.78 is 5.39. The molecule has 4 heteroatoms. The Morgan fingerprint density at radius 2 is 1.77 bits per heavy atom. The van der Waals surface area contributed by atoms with Crippen molar-refractivity contribution in [2.75, 3.05) is 31.6 Å². The van der Waals surface area contributed by atoms with Crippen LogP contribution >= 0.6 is 0 Å². The van der Waals surface area contributed by atoms with Crippen molar-refractivity contribution >= 4 is 11.6 Å². The number of carbonyl (C=O) groups excluding carboxylic acids is 1. The lowest BCUT2D eigenvalue weighted by Crippen LogP contribution is -2.35. The Balaban J connectivity index is 1.60. The van der Waals surface area contributed by atoms with E-state index >= 15 is 0 Å². The Kier molecular flexibility index (Phi) is 6.81. The second-order valence-corrected chi connectivity index (χ2v) is 6.83. The summed E-state index contributed by atoms with van der Waals surface area (Å²) in [6.45, 7) is 6.63. The highest BCUT2D eigenvalue weighted by molar-refractivity contribution is 5.95. The number of benzene rings is 2. The SMILES string of the molecule is CCC[C@@H](C(=O)Nc1ccc(CN2CCOCC2)cc1)c1ccccc1. The monoisotopic (exact) mass is 352 g/mol. The van der Waals surface area contributed by atoms with Gasteiger partial charge in [0.1, 0.15) is 0 Å². The molecule has 1 aliphatic rings. The third-order valence-electron chi connectivity index (χ3n) is 4.83. The molecule has 3 rings (SSSR count). The lowest BCUT2D eigenvalue weighted by molar-refractivity contribution is -0.117. The number of hydrogen-bond donors (Lipinski definition) is 1. The first-order chi connectivity index (χ1) is 12.8. The van der Waals surface area contributed by atoms with Crippen molar-refractivity contribution < 1.29 is 9.53 Å². The van der Waals surface area contributed by atoms with Crippen LogP contribution in [0.1, 0.15) is 36.8 Å². The molecule has 0 bridgehead atoms. The molecular weight excluding hydrogens is 324 g/mol. The first kappa shape index (κ1) is 18.6. The van der Waals surface area contributed by atoms with E-state index in [1.54, 1.807) is 0 Å². The number of hydrogen-bond acceptors (Lipinski definition) is 3. The van der Waals surface area contributed by atoms with Gasteiger partial charge in [0.05, 0.1) is 19.1 Å². The molecular formula is C22H28N2O2. The molecule has 1 fully saturated rings. The summed E-state index contributed by atoms with van der Waals surface area (Å²) in [6, 6.07) is 18.2. The molecule has 4 nitrogen and oxygen atoms in total. The highest BCUT2D eigenvalue weighted by atomic mass is 16.5. The zero-order valence-corrected chi connectivity index (χ0v) is 15.5. The third kappa shape index (κ3) is 5.16. The van der Waals surface area contributed by atoms with Crippen LogP contribution in [-0.2, 0) is 16.1 Å². The highest BCUT2D eigenvalue weighted by Crippen LogP contribution is 2.23. The quantitative estimate of drug-likeness (QED) is 0.818. The van der Waals surface area contributed by atoms with E-state index in [-0.39, 0.29) is 11.8 Å². The molecule has 1 heterocycles. The summed E-state index contributed by atoms with van der Waals surface area (Å²) >= 11 is 0. The van der Waals surface area contributed by atoms with Crippen molar-refractivity contribution in [2.24, 2.45) is 0 Å². The summed E-state index contributed by atoms with van der Waals surface area (Å²) in [5.74, 6) is -0.0341. The van der Waals surface area contributed by atoms with E-state index in [2.05, 4.69) is 29.3 Å². The predicted molar refractivity (Wildman–Crippen MR) is 105 cm³/mol. The van der Waals surface area contributed by atoms with Gasteiger partial charge in [0.15, 0.2) is 0 Å². The van der Waals surface area contributed by atoms with E-state index in [9.17, 15) is 4.79 Å². The number of ether oxygens (including phenoxy) is 1. The van der Waals surface area contributed by atoms with Crippen molar-refractivity contribution in [3.05, 3.63) is 65.7 Å². The number of anilines is 1. The zero-order chi connectivity index (χ0) is 18.2. The van der Waals surface area contributed by atoms with Crippen LogP contribution in [0.4, 0.5) is 5.69 Å². The molecule has 0 unspecified atom stereocenters. The summed E-state index contributed by atoms with van der Waals surface area (Å²) in [7, 11) is 0. The normalized spacial score (nSPS) is 16.2. The van der Waals surface area contributed by atoms with E-state index in [1.165, 1.54) is 5.56 Å². The van der Waals surface area contributed by atoms with Gasteiger partial charge >= 0.3 is 0 Å². The zero-order valence-electron chi connectivity index (χ0n) is 15.5. The van der Waals surface area contributed by atoms with Crippen LogP contribution < -0.4 is 5.32 Å². The Labute approximate surface area is 156 Å². The molecule has 0 aromatic heterocycles. The third-order valence-corrected chi connectivity index (χ3v) is 4.83. The molecule has 1 saturated heterocycles. The summed E-state index contributed by atoms with van der Waals surface area (Å²) in [5, 5.41) is 3.08. The van der Waals surface area contributed by atoms with Crippen LogP contribution in [0.15, 0.2) is 54.6 Å². The first-order valence-electron chi connectivity index (χ1n) is 9.51. The van der Waals surface area contributed by atoms with Gasteiger partial charge in [-0.05, 0) is 29.7 Å². The van der Waals surface area contributed by atoms with E-state index < -0.39 is 0 Å². The second-order valence-electron chi connectivity index (χ2n) is 6.83. The van der Waals surface area contributed by atoms with Gasteiger partial charge in [-0.15, -0.1) is 0 Å². The summed E-state index contributed by atoms with van der Waals surface area (Å²) in [5.41, 5.74) is 3.20. The summed E-state index contributed by atoms with van der Waals surface area (Å²) in [6.07, 6.45) is 1.83. The molecule has 0 spiro atoms. The van der Waals surface area contributed by atoms with Gasteiger partial charge in [-0.3, -0.25) is 9.69 Å². The minimum absolute atomic E-state index is 0.0685. The Morgan fingerprint density at radius 3 is 2.42 bits per heavy atom. The van der Waals surface area contributed by atoms with Gasteiger partial charge in [-0.25, -0.2) is 0 Å². The second kappa shape index (κ2) is 9.51. The number of carbonyl (C=O) groups is 1. The first-order valence-corrected chi connectivity index (χ1v) is 9.51. The topological polar surface area (TPSA) is 41.6 Å². The molecule has 0 saturated carbocycles. The Morgan fingerprint density at radius 1 is 1.08 bits per heavy atom. The smallest absolute Gasteiger partial charge is 0.231 e. The fourth-order valence-corrected chi connectivity index (χ4v) is 3.36. The molecule has 1 aliphatic heterocycles. The van der Waals surface area contributed by atoms with Crippen LogP contribution in [0.5, 0.6) is 0 Å². The van der Waals surface area contributed by atoms with E-state index in [1.807, 2.05) is 42.5 Å². The standard InChI is InChI=1S/C22H28N2O2/c1-2-6-21(19-7-4-3-5-8-19)22(25)23-20-11-9-18(10-12-20)17-24-13-15-26-16-14-24/h3-5,7-12,21H,2,6,13-17H2,1H3,(H,23,25)/t21-/m1/s1. The minimum atomic E-state index is -0.103. The molecule has 0 radical (unpaired) electrons. The maximum Gasteiger partial charge on any atom is 0.231 e. The van der Waals surface area contributed by atoms with E-state index in [0.29, 0.717) is 0 Å². The molecule has 2 aromatic carbocycles. The lowest BCUT2D eigenvalue weighted by Gasteiger charge is -2.26. The molecule has 0 aliphatic carbocycles. The average Bonchev–Trinajstić information content (AvgIpc) is 2.69. The van der Waals surface area contributed by atoms with Gasteiger partial charge in [-0.1, -0.05) is 55.8 Å². The van der Waals surface area contributed by atoms with E-state index in [0.717, 1.165) is 56.9 Å². The minimum Gasteiger partial charge on any atom is -0.379 e. The van der Waals surface area contributed by atoms with Crippen LogP contribution in [0.25, 0.3) is 0 Å². The number of nitrogens with one attached hydrogen (secondary N) is 1. The molecule has 1 atom stereocenters. The van der Waals surface area contributed by atoms with Crippen molar-refractivity contribution in [1.29, 1.82) is 0 Å². The summed E-state index contributed by atoms with van der Waals surface area (Å²) in [4.78, 5) is 15.2. The number of morpholine rings is 1. The maximum atomic E-state index is 12.8. The van der Waals surface area contributed by atoms with Gasteiger partial charge in [0, 0.05) is 25.3 Å². The van der Waals surface area contributed by atoms with Crippen molar-refractivity contribution in [3.8, 4) is 0 Å². The van der Waals surface area contributed by atoms with Crippen LogP contribution in [-0.4, -0.2) is 37.1 Å². The fourth-order valence-electron chi connectivity index (χ4n) is 3.36.